The Bertz CT molecular complexity index is 497. The average molecular weight is 290 g/mol. The normalized spacial score (nSPS) is 20.4. The molecule has 2 rings (SSSR count). The Balaban J connectivity index is 2.06. The van der Waals surface area contributed by atoms with Crippen LogP contribution in [0.2, 0.25) is 0 Å². The van der Waals surface area contributed by atoms with Crippen LogP contribution in [0.5, 0.6) is 0 Å². The van der Waals surface area contributed by atoms with E-state index in [2.05, 4.69) is 15.3 Å². The number of nitrogens with one attached hydrogen (secondary N) is 1. The van der Waals surface area contributed by atoms with Crippen LogP contribution in [0.1, 0.15) is 28.9 Å². The van der Waals surface area contributed by atoms with Crippen molar-refractivity contribution in [3.63, 3.8) is 0 Å². The van der Waals surface area contributed by atoms with Gasteiger partial charge in [-0.25, -0.2) is 0 Å². The van der Waals surface area contributed by atoms with Gasteiger partial charge in [0.15, 0.2) is 5.69 Å². The van der Waals surface area contributed by atoms with E-state index in [4.69, 9.17) is 0 Å². The summed E-state index contributed by atoms with van der Waals surface area (Å²) in [6.07, 6.45) is -1.55. The third-order valence-corrected chi connectivity index (χ3v) is 3.51. The van der Waals surface area contributed by atoms with Crippen LogP contribution in [-0.4, -0.2) is 46.8 Å². The van der Waals surface area contributed by atoms with Crippen LogP contribution in [0.15, 0.2) is 6.20 Å². The van der Waals surface area contributed by atoms with Crippen LogP contribution >= 0.6 is 0 Å². The Morgan fingerprint density at radius 2 is 2.20 bits per heavy atom. The number of likely N-dealkylation sites (tertiary alicyclic amines) is 1. The maximum Gasteiger partial charge on any atom is 0.435 e. The minimum Gasteiger partial charge on any atom is -0.350 e. The summed E-state index contributed by atoms with van der Waals surface area (Å²) in [6.45, 7) is 1.29. The molecule has 1 amide bonds. The van der Waals surface area contributed by atoms with Crippen molar-refractivity contribution in [3.05, 3.63) is 17.5 Å². The van der Waals surface area contributed by atoms with Crippen LogP contribution in [0.3, 0.4) is 0 Å². The van der Waals surface area contributed by atoms with E-state index in [0.717, 1.165) is 30.3 Å². The van der Waals surface area contributed by atoms with Gasteiger partial charge in [0.05, 0.1) is 5.56 Å². The quantitative estimate of drug-likeness (QED) is 0.912. The predicted octanol–water partition coefficient (Wildman–Crippen LogP) is 1.26. The van der Waals surface area contributed by atoms with E-state index in [9.17, 15) is 18.0 Å². The molecule has 2 heterocycles. The Morgan fingerprint density at radius 3 is 2.75 bits per heavy atom. The highest BCUT2D eigenvalue weighted by molar-refractivity contribution is 5.95. The van der Waals surface area contributed by atoms with Crippen LogP contribution in [0.4, 0.5) is 13.2 Å². The number of likely N-dealkylation sites (N-methyl/N-ethyl adjacent to an activating group) is 1. The zero-order chi connectivity index (χ0) is 14.9. The highest BCUT2D eigenvalue weighted by Crippen LogP contribution is 2.30. The molecule has 0 saturated carbocycles. The topological polar surface area (TPSA) is 50.2 Å². The van der Waals surface area contributed by atoms with Gasteiger partial charge in [0, 0.05) is 25.8 Å². The van der Waals surface area contributed by atoms with Crippen molar-refractivity contribution in [2.24, 2.45) is 7.05 Å². The lowest BCUT2D eigenvalue weighted by Gasteiger charge is -2.19. The highest BCUT2D eigenvalue weighted by atomic mass is 19.4. The second-order valence-electron chi connectivity index (χ2n) is 5.05. The molecule has 1 aromatic rings. The van der Waals surface area contributed by atoms with Crippen molar-refractivity contribution in [1.29, 1.82) is 0 Å². The monoisotopic (exact) mass is 290 g/mol. The molecule has 0 radical (unpaired) electrons. The fraction of sp³-hybridized carbons (Fsp3) is 0.667. The van der Waals surface area contributed by atoms with Gasteiger partial charge in [-0.3, -0.25) is 9.48 Å². The summed E-state index contributed by atoms with van der Waals surface area (Å²) in [6, 6.07) is 0.185. The minimum atomic E-state index is -4.63. The van der Waals surface area contributed by atoms with Crippen molar-refractivity contribution < 1.29 is 18.0 Å². The van der Waals surface area contributed by atoms with Gasteiger partial charge < -0.3 is 10.2 Å². The molecule has 1 fully saturated rings. The number of carbonyl (C=O) groups is 1. The van der Waals surface area contributed by atoms with Gasteiger partial charge in [0.2, 0.25) is 0 Å². The van der Waals surface area contributed by atoms with Gasteiger partial charge in [-0.15, -0.1) is 0 Å². The van der Waals surface area contributed by atoms with Crippen molar-refractivity contribution in [2.75, 3.05) is 20.1 Å². The molecule has 1 aliphatic heterocycles. The third-order valence-electron chi connectivity index (χ3n) is 3.51. The van der Waals surface area contributed by atoms with Crippen LogP contribution in [-0.2, 0) is 13.2 Å². The van der Waals surface area contributed by atoms with Gasteiger partial charge in [-0.1, -0.05) is 0 Å². The van der Waals surface area contributed by atoms with Crippen LogP contribution in [0, 0.1) is 0 Å². The van der Waals surface area contributed by atoms with Crippen molar-refractivity contribution in [1.82, 2.24) is 20.0 Å². The molecule has 1 N–H and O–H groups in total. The molecule has 1 unspecified atom stereocenters. The van der Waals surface area contributed by atoms with Crippen LogP contribution < -0.4 is 5.32 Å². The third kappa shape index (κ3) is 3.12. The van der Waals surface area contributed by atoms with Crippen molar-refractivity contribution >= 4 is 5.91 Å². The first-order valence-corrected chi connectivity index (χ1v) is 6.38. The van der Waals surface area contributed by atoms with Gasteiger partial charge in [-0.2, -0.15) is 18.3 Å². The smallest absolute Gasteiger partial charge is 0.350 e. The SMILES string of the molecule is CN1CCCC1CNC(=O)c1cn(C)nc1C(F)(F)F. The van der Waals surface area contributed by atoms with Crippen LogP contribution in [0.25, 0.3) is 0 Å². The second kappa shape index (κ2) is 5.43. The molecule has 112 valence electrons. The Morgan fingerprint density at radius 1 is 1.50 bits per heavy atom. The van der Waals surface area contributed by atoms with E-state index in [-0.39, 0.29) is 6.04 Å². The summed E-state index contributed by atoms with van der Waals surface area (Å²) in [5.41, 5.74) is -1.57. The Labute approximate surface area is 114 Å². The van der Waals surface area contributed by atoms with E-state index in [1.165, 1.54) is 7.05 Å². The Kier molecular flexibility index (Phi) is 4.03. The molecule has 0 aliphatic carbocycles. The molecule has 1 saturated heterocycles. The number of hydrogen-bond acceptors (Lipinski definition) is 3. The molecule has 1 aliphatic rings. The highest BCUT2D eigenvalue weighted by Gasteiger charge is 2.39. The Hall–Kier alpha value is -1.57. The molecule has 8 heteroatoms. The fourth-order valence-corrected chi connectivity index (χ4v) is 2.41. The molecule has 0 spiro atoms. The van der Waals surface area contributed by atoms with Crippen molar-refractivity contribution in [2.45, 2.75) is 25.1 Å². The van der Waals surface area contributed by atoms with Gasteiger partial charge >= 0.3 is 6.18 Å². The first-order chi connectivity index (χ1) is 9.29. The maximum absolute atomic E-state index is 12.8. The summed E-state index contributed by atoms with van der Waals surface area (Å²) < 4.78 is 39.3. The molecular weight excluding hydrogens is 273 g/mol. The zero-order valence-electron chi connectivity index (χ0n) is 11.4. The first-order valence-electron chi connectivity index (χ1n) is 6.38. The fourth-order valence-electron chi connectivity index (χ4n) is 2.41. The summed E-state index contributed by atoms with van der Waals surface area (Å²) >= 11 is 0. The summed E-state index contributed by atoms with van der Waals surface area (Å²) in [4.78, 5) is 14.0. The standard InChI is InChI=1S/C12H17F3N4O/c1-18-5-3-4-8(18)6-16-11(20)9-7-19(2)17-10(9)12(13,14)15/h7-8H,3-6H2,1-2H3,(H,16,20). The minimum absolute atomic E-state index is 0.185. The predicted molar refractivity (Wildman–Crippen MR) is 66.2 cm³/mol. The lowest BCUT2D eigenvalue weighted by Crippen LogP contribution is -2.38. The lowest BCUT2D eigenvalue weighted by atomic mass is 10.2. The number of nitrogens with zero attached hydrogens (tertiary/aromatic N) is 3. The number of halogens is 3. The summed E-state index contributed by atoms with van der Waals surface area (Å²) in [7, 11) is 3.30. The van der Waals surface area contributed by atoms with E-state index < -0.39 is 23.3 Å². The number of aryl methyl sites for hydroxylation is 1. The number of rotatable bonds is 3. The number of alkyl halides is 3. The molecule has 1 aromatic heterocycles. The molecule has 1 atom stereocenters. The number of hydrogen-bond donors (Lipinski definition) is 1. The number of carbonyl (C=O) groups excluding carboxylic acids is 1. The summed E-state index contributed by atoms with van der Waals surface area (Å²) in [5, 5.41) is 5.88. The molecular formula is C12H17F3N4O. The molecule has 20 heavy (non-hydrogen) atoms. The van der Waals surface area contributed by atoms with Gasteiger partial charge in [0.25, 0.3) is 5.91 Å². The summed E-state index contributed by atoms with van der Waals surface area (Å²) in [5.74, 6) is -0.731. The van der Waals surface area contributed by atoms with E-state index in [1.54, 1.807) is 0 Å². The van der Waals surface area contributed by atoms with Crippen molar-refractivity contribution in [3.8, 4) is 0 Å². The van der Waals surface area contributed by atoms with Gasteiger partial charge in [-0.05, 0) is 26.4 Å². The first kappa shape index (κ1) is 14.8. The van der Waals surface area contributed by atoms with E-state index in [0.29, 0.717) is 6.54 Å². The number of amides is 1. The average Bonchev–Trinajstić information content (AvgIpc) is 2.92. The van der Waals surface area contributed by atoms with E-state index in [1.807, 2.05) is 7.05 Å². The largest absolute Gasteiger partial charge is 0.435 e. The van der Waals surface area contributed by atoms with Gasteiger partial charge in [0.1, 0.15) is 0 Å². The lowest BCUT2D eigenvalue weighted by molar-refractivity contribution is -0.141. The molecule has 0 aromatic carbocycles. The second-order valence-corrected chi connectivity index (χ2v) is 5.05. The van der Waals surface area contributed by atoms with E-state index >= 15 is 0 Å². The molecule has 0 bridgehead atoms. The maximum atomic E-state index is 12.8. The zero-order valence-corrected chi connectivity index (χ0v) is 11.4. The molecule has 5 nitrogen and oxygen atoms in total. The number of aromatic nitrogens is 2.